The summed E-state index contributed by atoms with van der Waals surface area (Å²) in [6.45, 7) is 5.27. The first-order valence-electron chi connectivity index (χ1n) is 10.7. The van der Waals surface area contributed by atoms with Crippen LogP contribution < -0.4 is 5.32 Å². The summed E-state index contributed by atoms with van der Waals surface area (Å²) < 4.78 is 13.2. The Balaban J connectivity index is 1.43. The molecule has 1 aliphatic carbocycles. The first-order chi connectivity index (χ1) is 13.9. The summed E-state index contributed by atoms with van der Waals surface area (Å²) >= 11 is 0. The number of benzene rings is 1. The number of anilines is 1. The van der Waals surface area contributed by atoms with Gasteiger partial charge in [0.05, 0.1) is 12.6 Å². The molecule has 1 N–H and O–H groups in total. The van der Waals surface area contributed by atoms with Crippen molar-refractivity contribution in [2.24, 2.45) is 0 Å². The minimum atomic E-state index is -0.367. The highest BCUT2D eigenvalue weighted by molar-refractivity contribution is 5.92. The van der Waals surface area contributed by atoms with E-state index in [2.05, 4.69) is 15.1 Å². The highest BCUT2D eigenvalue weighted by Gasteiger charge is 2.31. The number of nitrogens with one attached hydrogen (secondary N) is 1. The van der Waals surface area contributed by atoms with E-state index in [0.717, 1.165) is 39.0 Å². The fourth-order valence-corrected chi connectivity index (χ4v) is 4.38. The predicted molar refractivity (Wildman–Crippen MR) is 112 cm³/mol. The molecule has 0 bridgehead atoms. The number of nitrogens with zero attached hydrogens (tertiary/aromatic N) is 3. The van der Waals surface area contributed by atoms with Crippen LogP contribution in [0.25, 0.3) is 0 Å². The van der Waals surface area contributed by atoms with Crippen LogP contribution in [-0.2, 0) is 9.59 Å². The third-order valence-corrected chi connectivity index (χ3v) is 6.26. The lowest BCUT2D eigenvalue weighted by Gasteiger charge is -2.40. The molecule has 160 valence electrons. The number of carbonyl (C=O) groups excluding carboxylic acids is 2. The van der Waals surface area contributed by atoms with Gasteiger partial charge in [-0.3, -0.25) is 19.4 Å². The summed E-state index contributed by atoms with van der Waals surface area (Å²) in [7, 11) is 1.95. The average molecular weight is 405 g/mol. The largest absolute Gasteiger partial charge is 0.341 e. The van der Waals surface area contributed by atoms with Gasteiger partial charge >= 0.3 is 0 Å². The van der Waals surface area contributed by atoms with E-state index in [-0.39, 0.29) is 30.2 Å². The van der Waals surface area contributed by atoms with Crippen molar-refractivity contribution in [2.45, 2.75) is 51.1 Å². The molecular formula is C22H33FN4O2. The van der Waals surface area contributed by atoms with E-state index in [4.69, 9.17) is 0 Å². The van der Waals surface area contributed by atoms with Crippen molar-refractivity contribution in [2.75, 3.05) is 45.1 Å². The van der Waals surface area contributed by atoms with Crippen LogP contribution in [0, 0.1) is 5.82 Å². The molecule has 2 aliphatic rings. The van der Waals surface area contributed by atoms with Gasteiger partial charge < -0.3 is 10.2 Å². The Morgan fingerprint density at radius 3 is 2.52 bits per heavy atom. The van der Waals surface area contributed by atoms with Crippen molar-refractivity contribution in [1.29, 1.82) is 0 Å². The van der Waals surface area contributed by atoms with Gasteiger partial charge in [0.25, 0.3) is 0 Å². The molecule has 0 radical (unpaired) electrons. The lowest BCUT2D eigenvalue weighted by atomic mass is 9.94. The second kappa shape index (κ2) is 10.2. The summed E-state index contributed by atoms with van der Waals surface area (Å²) in [6, 6.07) is 6.16. The Morgan fingerprint density at radius 2 is 1.86 bits per heavy atom. The van der Waals surface area contributed by atoms with Gasteiger partial charge in [-0.05, 0) is 38.0 Å². The van der Waals surface area contributed by atoms with Crippen LogP contribution in [0.2, 0.25) is 0 Å². The molecule has 2 amide bonds. The van der Waals surface area contributed by atoms with Gasteiger partial charge in [-0.2, -0.15) is 0 Å². The Kier molecular flexibility index (Phi) is 7.61. The fraction of sp³-hybridized carbons (Fsp3) is 0.636. The van der Waals surface area contributed by atoms with Crippen LogP contribution in [-0.4, -0.2) is 78.4 Å². The molecular weight excluding hydrogens is 371 g/mol. The molecule has 1 saturated heterocycles. The number of carbonyl (C=O) groups is 2. The molecule has 2 fully saturated rings. The Labute approximate surface area is 173 Å². The second-order valence-corrected chi connectivity index (χ2v) is 8.29. The lowest BCUT2D eigenvalue weighted by molar-refractivity contribution is -0.138. The van der Waals surface area contributed by atoms with Gasteiger partial charge in [0.15, 0.2) is 0 Å². The van der Waals surface area contributed by atoms with Gasteiger partial charge in [-0.1, -0.05) is 25.3 Å². The highest BCUT2D eigenvalue weighted by atomic mass is 19.1. The molecule has 0 aromatic heterocycles. The molecule has 0 spiro atoms. The maximum Gasteiger partial charge on any atom is 0.239 e. The monoisotopic (exact) mass is 404 g/mol. The average Bonchev–Trinajstić information content (AvgIpc) is 2.73. The van der Waals surface area contributed by atoms with Gasteiger partial charge in [-0.25, -0.2) is 4.39 Å². The summed E-state index contributed by atoms with van der Waals surface area (Å²) in [6.07, 6.45) is 5.94. The molecule has 3 rings (SSSR count). The first-order valence-corrected chi connectivity index (χ1v) is 10.7. The van der Waals surface area contributed by atoms with Crippen LogP contribution in [0.15, 0.2) is 24.3 Å². The molecule has 29 heavy (non-hydrogen) atoms. The van der Waals surface area contributed by atoms with E-state index >= 15 is 0 Å². The third kappa shape index (κ3) is 6.00. The summed E-state index contributed by atoms with van der Waals surface area (Å²) in [5.41, 5.74) is 0.471. The zero-order chi connectivity index (χ0) is 20.8. The number of likely N-dealkylation sites (N-methyl/N-ethyl adjacent to an activating group) is 1. The number of rotatable bonds is 6. The van der Waals surface area contributed by atoms with E-state index in [9.17, 15) is 14.0 Å². The molecule has 7 heteroatoms. The van der Waals surface area contributed by atoms with Crippen molar-refractivity contribution < 1.29 is 14.0 Å². The zero-order valence-corrected chi connectivity index (χ0v) is 17.6. The Bertz CT molecular complexity index is 700. The molecule has 1 aliphatic heterocycles. The van der Waals surface area contributed by atoms with Gasteiger partial charge in [0.1, 0.15) is 5.82 Å². The minimum absolute atomic E-state index is 0.134. The number of hydrogen-bond donors (Lipinski definition) is 1. The van der Waals surface area contributed by atoms with Crippen LogP contribution >= 0.6 is 0 Å². The van der Waals surface area contributed by atoms with Crippen molar-refractivity contribution in [3.63, 3.8) is 0 Å². The standard InChI is InChI=1S/C22H33FN4O2/c1-17(22(29)25(2)20-9-4-3-5-10-20)27-13-11-26(12-14-27)16-21(28)24-19-8-6-7-18(23)15-19/h6-8,15,17,20H,3-5,9-14,16H2,1-2H3,(H,24,28)/t17-/m0/s1. The quantitative estimate of drug-likeness (QED) is 0.792. The van der Waals surface area contributed by atoms with E-state index in [0.29, 0.717) is 11.7 Å². The normalized spacial score (nSPS) is 20.2. The van der Waals surface area contributed by atoms with Gasteiger partial charge in [0.2, 0.25) is 11.8 Å². The molecule has 1 heterocycles. The van der Waals surface area contributed by atoms with Crippen LogP contribution in [0.4, 0.5) is 10.1 Å². The Morgan fingerprint density at radius 1 is 1.17 bits per heavy atom. The molecule has 6 nitrogen and oxygen atoms in total. The van der Waals surface area contributed by atoms with Crippen LogP contribution in [0.1, 0.15) is 39.0 Å². The zero-order valence-electron chi connectivity index (χ0n) is 17.6. The van der Waals surface area contributed by atoms with Gasteiger partial charge in [0, 0.05) is 45.0 Å². The van der Waals surface area contributed by atoms with Crippen molar-refractivity contribution in [3.05, 3.63) is 30.1 Å². The van der Waals surface area contributed by atoms with Crippen molar-refractivity contribution in [1.82, 2.24) is 14.7 Å². The van der Waals surface area contributed by atoms with E-state index in [1.807, 2.05) is 18.9 Å². The van der Waals surface area contributed by atoms with Crippen molar-refractivity contribution in [3.8, 4) is 0 Å². The molecule has 1 aromatic carbocycles. The minimum Gasteiger partial charge on any atom is -0.341 e. The number of hydrogen-bond acceptors (Lipinski definition) is 4. The molecule has 1 saturated carbocycles. The second-order valence-electron chi connectivity index (χ2n) is 8.29. The van der Waals surface area contributed by atoms with E-state index in [1.54, 1.807) is 12.1 Å². The fourth-order valence-electron chi connectivity index (χ4n) is 4.38. The third-order valence-electron chi connectivity index (χ3n) is 6.26. The lowest BCUT2D eigenvalue weighted by Crippen LogP contribution is -2.56. The smallest absolute Gasteiger partial charge is 0.239 e. The molecule has 1 aromatic rings. The summed E-state index contributed by atoms with van der Waals surface area (Å²) in [5.74, 6) is -0.312. The summed E-state index contributed by atoms with van der Waals surface area (Å²) in [5, 5.41) is 2.74. The first kappa shape index (κ1) is 21.7. The van der Waals surface area contributed by atoms with Gasteiger partial charge in [-0.15, -0.1) is 0 Å². The van der Waals surface area contributed by atoms with E-state index in [1.165, 1.54) is 31.4 Å². The summed E-state index contributed by atoms with van der Waals surface area (Å²) in [4.78, 5) is 31.4. The predicted octanol–water partition coefficient (Wildman–Crippen LogP) is 2.56. The SMILES string of the molecule is C[C@@H](C(=O)N(C)C1CCCCC1)N1CCN(CC(=O)Nc2cccc(F)c2)CC1. The van der Waals surface area contributed by atoms with Crippen LogP contribution in [0.5, 0.6) is 0 Å². The number of amides is 2. The van der Waals surface area contributed by atoms with Crippen LogP contribution in [0.3, 0.4) is 0 Å². The topological polar surface area (TPSA) is 55.9 Å². The highest BCUT2D eigenvalue weighted by Crippen LogP contribution is 2.23. The molecule has 0 unspecified atom stereocenters. The maximum atomic E-state index is 13.2. The Hall–Kier alpha value is -1.99. The van der Waals surface area contributed by atoms with E-state index < -0.39 is 0 Å². The maximum absolute atomic E-state index is 13.2. The number of piperazine rings is 1. The molecule has 1 atom stereocenters. The number of halogens is 1. The van der Waals surface area contributed by atoms with Crippen molar-refractivity contribution >= 4 is 17.5 Å².